The number of benzene rings is 2. The molecular weight excluding hydrogens is 234 g/mol. The average Bonchev–Trinajstić information content (AvgIpc) is 2.49. The first-order chi connectivity index (χ1) is 9.42. The summed E-state index contributed by atoms with van der Waals surface area (Å²) in [6.45, 7) is 0.932. The van der Waals surface area contributed by atoms with E-state index in [2.05, 4.69) is 53.4 Å². The van der Waals surface area contributed by atoms with Gasteiger partial charge >= 0.3 is 0 Å². The number of hydrogen-bond acceptors (Lipinski definition) is 2. The molecule has 0 bridgehead atoms. The van der Waals surface area contributed by atoms with Gasteiger partial charge in [-0.2, -0.15) is 0 Å². The zero-order valence-electron chi connectivity index (χ0n) is 11.0. The Kier molecular flexibility index (Phi) is 5.17. The Morgan fingerprint density at radius 3 is 1.79 bits per heavy atom. The Labute approximate surface area is 114 Å². The van der Waals surface area contributed by atoms with Crippen LogP contribution in [0.25, 0.3) is 0 Å². The van der Waals surface area contributed by atoms with Crippen LogP contribution < -0.4 is 4.90 Å². The fraction of sp³-hybridized carbons (Fsp3) is 0.235. The van der Waals surface area contributed by atoms with E-state index in [0.717, 1.165) is 25.7 Å². The SMILES string of the molecule is O=CCCCCN(c1ccccc1)c1ccccc1. The highest BCUT2D eigenvalue weighted by Crippen LogP contribution is 2.25. The van der Waals surface area contributed by atoms with Crippen molar-refractivity contribution in [3.05, 3.63) is 60.7 Å². The van der Waals surface area contributed by atoms with Gasteiger partial charge in [0, 0.05) is 24.3 Å². The largest absolute Gasteiger partial charge is 0.341 e. The second kappa shape index (κ2) is 7.37. The third-order valence-electron chi connectivity index (χ3n) is 3.09. The van der Waals surface area contributed by atoms with E-state index in [1.807, 2.05) is 12.1 Å². The molecule has 0 fully saturated rings. The Bertz CT molecular complexity index is 442. The summed E-state index contributed by atoms with van der Waals surface area (Å²) < 4.78 is 0. The van der Waals surface area contributed by atoms with E-state index < -0.39 is 0 Å². The Balaban J connectivity index is 2.12. The van der Waals surface area contributed by atoms with E-state index in [4.69, 9.17) is 0 Å². The maximum Gasteiger partial charge on any atom is 0.119 e. The van der Waals surface area contributed by atoms with Gasteiger partial charge in [0.1, 0.15) is 6.29 Å². The van der Waals surface area contributed by atoms with Crippen molar-refractivity contribution in [3.63, 3.8) is 0 Å². The number of rotatable bonds is 7. The lowest BCUT2D eigenvalue weighted by Crippen LogP contribution is -2.18. The van der Waals surface area contributed by atoms with Gasteiger partial charge in [0.15, 0.2) is 0 Å². The van der Waals surface area contributed by atoms with Crippen LogP contribution in [-0.2, 0) is 4.79 Å². The molecule has 0 aliphatic rings. The molecule has 0 radical (unpaired) electrons. The van der Waals surface area contributed by atoms with Crippen molar-refractivity contribution in [2.75, 3.05) is 11.4 Å². The number of carbonyl (C=O) groups is 1. The van der Waals surface area contributed by atoms with Crippen molar-refractivity contribution >= 4 is 17.7 Å². The third kappa shape index (κ3) is 3.95. The molecule has 2 aromatic carbocycles. The first-order valence-corrected chi connectivity index (χ1v) is 6.73. The van der Waals surface area contributed by atoms with Crippen LogP contribution in [0.1, 0.15) is 19.3 Å². The van der Waals surface area contributed by atoms with Gasteiger partial charge in [-0.05, 0) is 37.1 Å². The maximum absolute atomic E-state index is 10.4. The molecule has 0 N–H and O–H groups in total. The zero-order chi connectivity index (χ0) is 13.3. The first-order valence-electron chi connectivity index (χ1n) is 6.73. The molecule has 19 heavy (non-hydrogen) atoms. The van der Waals surface area contributed by atoms with Gasteiger partial charge in [-0.25, -0.2) is 0 Å². The molecule has 2 aromatic rings. The van der Waals surface area contributed by atoms with E-state index in [1.165, 1.54) is 11.4 Å². The minimum absolute atomic E-state index is 0.650. The predicted octanol–water partition coefficient (Wildman–Crippen LogP) is 4.19. The monoisotopic (exact) mass is 253 g/mol. The molecule has 98 valence electrons. The molecule has 0 aliphatic carbocycles. The minimum atomic E-state index is 0.650. The lowest BCUT2D eigenvalue weighted by molar-refractivity contribution is -0.107. The fourth-order valence-corrected chi connectivity index (χ4v) is 2.12. The molecule has 2 heteroatoms. The Morgan fingerprint density at radius 1 is 0.789 bits per heavy atom. The number of anilines is 2. The summed E-state index contributed by atoms with van der Waals surface area (Å²) in [4.78, 5) is 12.7. The van der Waals surface area contributed by atoms with Gasteiger partial charge in [-0.3, -0.25) is 0 Å². The minimum Gasteiger partial charge on any atom is -0.341 e. The van der Waals surface area contributed by atoms with E-state index in [1.54, 1.807) is 0 Å². The molecule has 2 rings (SSSR count). The van der Waals surface area contributed by atoms with E-state index >= 15 is 0 Å². The Morgan fingerprint density at radius 2 is 1.32 bits per heavy atom. The summed E-state index contributed by atoms with van der Waals surface area (Å²) in [5.74, 6) is 0. The smallest absolute Gasteiger partial charge is 0.119 e. The van der Waals surface area contributed by atoms with E-state index in [9.17, 15) is 4.79 Å². The number of carbonyl (C=O) groups excluding carboxylic acids is 1. The highest BCUT2D eigenvalue weighted by molar-refractivity contribution is 5.62. The van der Waals surface area contributed by atoms with Crippen LogP contribution in [0.5, 0.6) is 0 Å². The van der Waals surface area contributed by atoms with Crippen molar-refractivity contribution in [2.24, 2.45) is 0 Å². The van der Waals surface area contributed by atoms with E-state index in [-0.39, 0.29) is 0 Å². The number of nitrogens with zero attached hydrogens (tertiary/aromatic N) is 1. The van der Waals surface area contributed by atoms with Gasteiger partial charge in [-0.1, -0.05) is 36.4 Å². The molecule has 0 saturated heterocycles. The zero-order valence-corrected chi connectivity index (χ0v) is 11.0. The van der Waals surface area contributed by atoms with Crippen molar-refractivity contribution in [1.82, 2.24) is 0 Å². The highest BCUT2D eigenvalue weighted by atomic mass is 16.1. The molecule has 0 amide bonds. The van der Waals surface area contributed by atoms with Gasteiger partial charge in [-0.15, -0.1) is 0 Å². The molecule has 0 heterocycles. The summed E-state index contributed by atoms with van der Waals surface area (Å²) in [6, 6.07) is 20.7. The summed E-state index contributed by atoms with van der Waals surface area (Å²) in [5, 5.41) is 0. The van der Waals surface area contributed by atoms with Crippen molar-refractivity contribution < 1.29 is 4.79 Å². The lowest BCUT2D eigenvalue weighted by Gasteiger charge is -2.25. The molecule has 0 aliphatic heterocycles. The van der Waals surface area contributed by atoms with Crippen molar-refractivity contribution in [3.8, 4) is 0 Å². The van der Waals surface area contributed by atoms with Gasteiger partial charge in [0.05, 0.1) is 0 Å². The third-order valence-corrected chi connectivity index (χ3v) is 3.09. The number of aldehydes is 1. The van der Waals surface area contributed by atoms with Crippen molar-refractivity contribution in [1.29, 1.82) is 0 Å². The first kappa shape index (κ1) is 13.3. The Hall–Kier alpha value is -2.09. The standard InChI is InChI=1S/C17H19NO/c19-15-9-3-8-14-18(16-10-4-1-5-11-16)17-12-6-2-7-13-17/h1-2,4-7,10-13,15H,3,8-9,14H2. The van der Waals surface area contributed by atoms with Crippen LogP contribution in [0.3, 0.4) is 0 Å². The molecule has 0 aromatic heterocycles. The quantitative estimate of drug-likeness (QED) is 0.544. The van der Waals surface area contributed by atoms with Crippen LogP contribution in [0.4, 0.5) is 11.4 Å². The second-order valence-corrected chi connectivity index (χ2v) is 4.49. The predicted molar refractivity (Wildman–Crippen MR) is 79.8 cm³/mol. The normalized spacial score (nSPS) is 10.1. The van der Waals surface area contributed by atoms with Crippen molar-refractivity contribution in [2.45, 2.75) is 19.3 Å². The highest BCUT2D eigenvalue weighted by Gasteiger charge is 2.07. The van der Waals surface area contributed by atoms with Crippen LogP contribution >= 0.6 is 0 Å². The summed E-state index contributed by atoms with van der Waals surface area (Å²) in [5.41, 5.74) is 2.39. The summed E-state index contributed by atoms with van der Waals surface area (Å²) in [6.07, 6.45) is 3.61. The lowest BCUT2D eigenvalue weighted by atomic mass is 10.2. The van der Waals surface area contributed by atoms with Gasteiger partial charge < -0.3 is 9.69 Å². The maximum atomic E-state index is 10.4. The average molecular weight is 253 g/mol. The second-order valence-electron chi connectivity index (χ2n) is 4.49. The summed E-state index contributed by atoms with van der Waals surface area (Å²) in [7, 11) is 0. The summed E-state index contributed by atoms with van der Waals surface area (Å²) >= 11 is 0. The fourth-order valence-electron chi connectivity index (χ4n) is 2.12. The number of para-hydroxylation sites is 2. The van der Waals surface area contributed by atoms with Crippen LogP contribution in [-0.4, -0.2) is 12.8 Å². The molecule has 0 spiro atoms. The molecule has 0 saturated carbocycles. The molecular formula is C17H19NO. The van der Waals surface area contributed by atoms with E-state index in [0.29, 0.717) is 6.42 Å². The van der Waals surface area contributed by atoms with Crippen LogP contribution in [0.2, 0.25) is 0 Å². The molecule has 0 unspecified atom stereocenters. The number of unbranched alkanes of at least 4 members (excludes halogenated alkanes) is 2. The number of hydrogen-bond donors (Lipinski definition) is 0. The van der Waals surface area contributed by atoms with Gasteiger partial charge in [0.2, 0.25) is 0 Å². The van der Waals surface area contributed by atoms with Gasteiger partial charge in [0.25, 0.3) is 0 Å². The molecule has 0 atom stereocenters. The topological polar surface area (TPSA) is 20.3 Å². The molecule has 2 nitrogen and oxygen atoms in total. The van der Waals surface area contributed by atoms with Crippen LogP contribution in [0, 0.1) is 0 Å². The van der Waals surface area contributed by atoms with Crippen LogP contribution in [0.15, 0.2) is 60.7 Å².